The summed E-state index contributed by atoms with van der Waals surface area (Å²) in [6.07, 6.45) is -4.40. The number of carbonyl (C=O) groups is 1. The lowest BCUT2D eigenvalue weighted by molar-refractivity contribution is -0.137. The molecule has 0 heterocycles. The summed E-state index contributed by atoms with van der Waals surface area (Å²) in [5.74, 6) is 0. The van der Waals surface area contributed by atoms with Crippen LogP contribution >= 0.6 is 0 Å². The minimum atomic E-state index is -4.39. The van der Waals surface area contributed by atoms with Crippen LogP contribution in [0.5, 0.6) is 0 Å². The van der Waals surface area contributed by atoms with Gasteiger partial charge in [-0.2, -0.15) is 13.2 Å². The second-order valence-electron chi connectivity index (χ2n) is 4.80. The van der Waals surface area contributed by atoms with Gasteiger partial charge in [-0.15, -0.1) is 0 Å². The summed E-state index contributed by atoms with van der Waals surface area (Å²) in [5.41, 5.74) is -0.505. The lowest BCUT2D eigenvalue weighted by atomic mass is 10.2. The van der Waals surface area contributed by atoms with Gasteiger partial charge >= 0.3 is 12.3 Å². The molecule has 1 rings (SSSR count). The van der Waals surface area contributed by atoms with Gasteiger partial charge in [0, 0.05) is 11.7 Å². The highest BCUT2D eigenvalue weighted by Crippen LogP contribution is 2.29. The van der Waals surface area contributed by atoms with Crippen LogP contribution in [0.4, 0.5) is 23.7 Å². The number of rotatable bonds is 6. The van der Waals surface area contributed by atoms with Gasteiger partial charge in [0.05, 0.1) is 12.2 Å². The van der Waals surface area contributed by atoms with Gasteiger partial charge in [-0.25, -0.2) is 4.79 Å². The highest BCUT2D eigenvalue weighted by molar-refractivity contribution is 5.84. The fraction of sp³-hybridized carbons (Fsp3) is 0.500. The molecule has 1 amide bonds. The average Bonchev–Trinajstić information content (AvgIpc) is 2.37. The van der Waals surface area contributed by atoms with Crippen molar-refractivity contribution in [2.45, 2.75) is 32.5 Å². The first-order valence-electron chi connectivity index (χ1n) is 6.63. The van der Waals surface area contributed by atoms with Gasteiger partial charge in [0.15, 0.2) is 0 Å². The zero-order valence-electron chi connectivity index (χ0n) is 12.0. The van der Waals surface area contributed by atoms with E-state index in [9.17, 15) is 18.0 Å². The predicted octanol–water partition coefficient (Wildman–Crippen LogP) is 3.64. The Morgan fingerprint density at radius 3 is 2.38 bits per heavy atom. The Kier molecular flexibility index (Phi) is 6.48. The molecule has 1 aromatic carbocycles. The number of ether oxygens (including phenoxy) is 1. The van der Waals surface area contributed by atoms with Gasteiger partial charge in [-0.1, -0.05) is 13.8 Å². The third-order valence-corrected chi connectivity index (χ3v) is 2.57. The highest BCUT2D eigenvalue weighted by atomic mass is 19.4. The third-order valence-electron chi connectivity index (χ3n) is 2.57. The van der Waals surface area contributed by atoms with E-state index in [-0.39, 0.29) is 12.3 Å². The van der Waals surface area contributed by atoms with Crippen molar-refractivity contribution < 1.29 is 22.7 Å². The summed E-state index contributed by atoms with van der Waals surface area (Å²) < 4.78 is 42.0. The van der Waals surface area contributed by atoms with E-state index < -0.39 is 17.8 Å². The molecule has 0 saturated heterocycles. The van der Waals surface area contributed by atoms with Gasteiger partial charge < -0.3 is 10.1 Å². The third kappa shape index (κ3) is 6.99. The van der Waals surface area contributed by atoms with Crippen LogP contribution in [-0.2, 0) is 10.9 Å². The molecule has 0 aliphatic rings. The smallest absolute Gasteiger partial charge is 0.416 e. The lowest BCUT2D eigenvalue weighted by Crippen LogP contribution is -2.25. The number of benzene rings is 1. The van der Waals surface area contributed by atoms with Crippen LogP contribution in [0, 0.1) is 0 Å². The molecule has 2 N–H and O–H groups in total. The molecule has 0 atom stereocenters. The Balaban J connectivity index is 2.31. The van der Waals surface area contributed by atoms with E-state index in [2.05, 4.69) is 10.6 Å². The Hall–Kier alpha value is -1.76. The van der Waals surface area contributed by atoms with Gasteiger partial charge in [-0.3, -0.25) is 5.32 Å². The quantitative estimate of drug-likeness (QED) is 0.789. The summed E-state index contributed by atoms with van der Waals surface area (Å²) in [6.45, 7) is 4.99. The molecule has 7 heteroatoms. The fourth-order valence-corrected chi connectivity index (χ4v) is 1.52. The summed E-state index contributed by atoms with van der Waals surface area (Å²) in [4.78, 5) is 11.4. The molecule has 118 valence electrons. The number of anilines is 1. The van der Waals surface area contributed by atoms with Crippen molar-refractivity contribution in [1.29, 1.82) is 0 Å². The molecular weight excluding hydrogens is 285 g/mol. The Labute approximate surface area is 121 Å². The lowest BCUT2D eigenvalue weighted by Gasteiger charge is -2.10. The molecular formula is C14H19F3N2O2. The number of halogens is 3. The first-order valence-corrected chi connectivity index (χ1v) is 6.63. The number of alkyl halides is 3. The topological polar surface area (TPSA) is 50.4 Å². The second kappa shape index (κ2) is 7.87. The number of amides is 1. The molecule has 0 unspecified atom stereocenters. The van der Waals surface area contributed by atoms with E-state index in [0.717, 1.165) is 18.7 Å². The maximum Gasteiger partial charge on any atom is 0.416 e. The van der Waals surface area contributed by atoms with E-state index in [1.54, 1.807) is 0 Å². The second-order valence-corrected chi connectivity index (χ2v) is 4.80. The molecule has 0 aliphatic heterocycles. The highest BCUT2D eigenvalue weighted by Gasteiger charge is 2.29. The normalized spacial score (nSPS) is 11.5. The van der Waals surface area contributed by atoms with Crippen molar-refractivity contribution in [2.24, 2.45) is 0 Å². The van der Waals surface area contributed by atoms with Gasteiger partial charge in [0.2, 0.25) is 0 Å². The summed E-state index contributed by atoms with van der Waals surface area (Å²) in [5, 5.41) is 5.54. The monoisotopic (exact) mass is 304 g/mol. The summed E-state index contributed by atoms with van der Waals surface area (Å²) >= 11 is 0. The van der Waals surface area contributed by atoms with Crippen LogP contribution in [0.25, 0.3) is 0 Å². The molecule has 0 radical (unpaired) electrons. The van der Waals surface area contributed by atoms with Gasteiger partial charge in [0.25, 0.3) is 0 Å². The van der Waals surface area contributed by atoms with E-state index in [1.807, 2.05) is 13.8 Å². The zero-order valence-corrected chi connectivity index (χ0v) is 12.0. The van der Waals surface area contributed by atoms with Crippen molar-refractivity contribution >= 4 is 11.8 Å². The molecule has 0 saturated carbocycles. The standard InChI is InChI=1S/C14H19F3N2O2/c1-10(2)18-8-3-9-21-13(20)19-12-6-4-11(5-7-12)14(15,16)17/h4-7,10,18H,3,8-9H2,1-2H3,(H,19,20). The van der Waals surface area contributed by atoms with Crippen molar-refractivity contribution in [3.63, 3.8) is 0 Å². The number of hydrogen-bond acceptors (Lipinski definition) is 3. The average molecular weight is 304 g/mol. The first kappa shape index (κ1) is 17.3. The Morgan fingerprint density at radius 1 is 1.24 bits per heavy atom. The molecule has 21 heavy (non-hydrogen) atoms. The first-order chi connectivity index (χ1) is 9.79. The SMILES string of the molecule is CC(C)NCCCOC(=O)Nc1ccc(C(F)(F)F)cc1. The fourth-order valence-electron chi connectivity index (χ4n) is 1.52. The predicted molar refractivity (Wildman–Crippen MR) is 74.2 cm³/mol. The van der Waals surface area contributed by atoms with E-state index in [4.69, 9.17) is 4.74 Å². The summed E-state index contributed by atoms with van der Waals surface area (Å²) in [6, 6.07) is 4.55. The summed E-state index contributed by atoms with van der Waals surface area (Å²) in [7, 11) is 0. The van der Waals surface area contributed by atoms with Crippen molar-refractivity contribution in [3.8, 4) is 0 Å². The minimum absolute atomic E-state index is 0.242. The van der Waals surface area contributed by atoms with E-state index in [0.29, 0.717) is 12.5 Å². The molecule has 1 aromatic rings. The van der Waals surface area contributed by atoms with Crippen LogP contribution in [0.3, 0.4) is 0 Å². The van der Waals surface area contributed by atoms with Crippen molar-refractivity contribution in [2.75, 3.05) is 18.5 Å². The van der Waals surface area contributed by atoms with Crippen LogP contribution in [0.15, 0.2) is 24.3 Å². The van der Waals surface area contributed by atoms with Gasteiger partial charge in [0.1, 0.15) is 0 Å². The Bertz CT molecular complexity index is 445. The number of nitrogens with one attached hydrogen (secondary N) is 2. The van der Waals surface area contributed by atoms with Crippen molar-refractivity contribution in [1.82, 2.24) is 5.32 Å². The largest absolute Gasteiger partial charge is 0.449 e. The van der Waals surface area contributed by atoms with Crippen molar-refractivity contribution in [3.05, 3.63) is 29.8 Å². The maximum absolute atomic E-state index is 12.4. The zero-order chi connectivity index (χ0) is 15.9. The van der Waals surface area contributed by atoms with Gasteiger partial charge in [-0.05, 0) is 37.2 Å². The van der Waals surface area contributed by atoms with E-state index in [1.165, 1.54) is 12.1 Å². The van der Waals surface area contributed by atoms with E-state index >= 15 is 0 Å². The van der Waals surface area contributed by atoms with Crippen LogP contribution in [-0.4, -0.2) is 25.3 Å². The number of carbonyl (C=O) groups excluding carboxylic acids is 1. The Morgan fingerprint density at radius 2 is 1.86 bits per heavy atom. The molecule has 0 aromatic heterocycles. The van der Waals surface area contributed by atoms with Crippen LogP contribution < -0.4 is 10.6 Å². The molecule has 0 aliphatic carbocycles. The maximum atomic E-state index is 12.4. The van der Waals surface area contributed by atoms with Crippen LogP contribution in [0.1, 0.15) is 25.8 Å². The molecule has 0 spiro atoms. The molecule has 0 bridgehead atoms. The molecule has 4 nitrogen and oxygen atoms in total. The van der Waals surface area contributed by atoms with Crippen LogP contribution in [0.2, 0.25) is 0 Å². The minimum Gasteiger partial charge on any atom is -0.449 e. The number of hydrogen-bond donors (Lipinski definition) is 2. The molecule has 0 fully saturated rings.